The van der Waals surface area contributed by atoms with Crippen molar-refractivity contribution in [1.82, 2.24) is 0 Å². The van der Waals surface area contributed by atoms with Gasteiger partial charge in [-0.05, 0) is 73.1 Å². The molecular formula is C21H27FO3. The maximum Gasteiger partial charge on any atom is 0.165 e. The van der Waals surface area contributed by atoms with Gasteiger partial charge in [-0.1, -0.05) is 6.92 Å². The van der Waals surface area contributed by atoms with Crippen LogP contribution in [0.4, 0.5) is 4.39 Å². The molecule has 0 amide bonds. The first-order valence-electron chi connectivity index (χ1n) is 9.52. The lowest BCUT2D eigenvalue weighted by atomic mass is 9.55. The number of ketones is 1. The van der Waals surface area contributed by atoms with Crippen LogP contribution in [-0.4, -0.2) is 26.1 Å². The summed E-state index contributed by atoms with van der Waals surface area (Å²) in [5.41, 5.74) is 2.26. The summed E-state index contributed by atoms with van der Waals surface area (Å²) in [6.45, 7) is 2.99. The lowest BCUT2D eigenvalue weighted by molar-refractivity contribution is -0.129. The molecule has 4 atom stereocenters. The quantitative estimate of drug-likeness (QED) is 0.764. The molecule has 136 valence electrons. The van der Waals surface area contributed by atoms with Gasteiger partial charge in [-0.2, -0.15) is 0 Å². The largest absolute Gasteiger partial charge is 0.488 e. The fourth-order valence-electron chi connectivity index (χ4n) is 5.69. The van der Waals surface area contributed by atoms with Crippen LogP contribution in [0.15, 0.2) is 12.1 Å². The van der Waals surface area contributed by atoms with Gasteiger partial charge in [-0.15, -0.1) is 0 Å². The number of rotatable bonds is 4. The fourth-order valence-corrected chi connectivity index (χ4v) is 5.69. The van der Waals surface area contributed by atoms with Crippen molar-refractivity contribution in [2.24, 2.45) is 17.3 Å². The number of halogens is 1. The topological polar surface area (TPSA) is 35.5 Å². The lowest BCUT2D eigenvalue weighted by Crippen LogP contribution is -2.42. The lowest BCUT2D eigenvalue weighted by Gasteiger charge is -2.48. The molecule has 1 aromatic carbocycles. The van der Waals surface area contributed by atoms with Crippen molar-refractivity contribution in [3.05, 3.63) is 29.1 Å². The zero-order valence-corrected chi connectivity index (χ0v) is 15.1. The SMILES string of the molecule is COCCOc1cc2c(cc1F)[C@H]1CC[C@]3(C)C(=O)CC[C@H]3[C@@H]1CC2. The van der Waals surface area contributed by atoms with Crippen LogP contribution in [0.3, 0.4) is 0 Å². The monoisotopic (exact) mass is 346 g/mol. The normalized spacial score (nSPS) is 33.6. The van der Waals surface area contributed by atoms with Gasteiger partial charge in [-0.3, -0.25) is 4.79 Å². The molecule has 0 spiro atoms. The zero-order valence-electron chi connectivity index (χ0n) is 15.1. The first kappa shape index (κ1) is 17.0. The van der Waals surface area contributed by atoms with Gasteiger partial charge in [0.25, 0.3) is 0 Å². The van der Waals surface area contributed by atoms with Gasteiger partial charge >= 0.3 is 0 Å². The molecule has 3 nitrogen and oxygen atoms in total. The minimum Gasteiger partial charge on any atom is -0.488 e. The van der Waals surface area contributed by atoms with E-state index < -0.39 is 0 Å². The summed E-state index contributed by atoms with van der Waals surface area (Å²) in [6, 6.07) is 3.60. The van der Waals surface area contributed by atoms with E-state index >= 15 is 0 Å². The molecule has 4 rings (SSSR count). The third-order valence-electron chi connectivity index (χ3n) is 7.03. The molecule has 1 aromatic rings. The van der Waals surface area contributed by atoms with Crippen molar-refractivity contribution < 1.29 is 18.7 Å². The van der Waals surface area contributed by atoms with Crippen LogP contribution in [0.5, 0.6) is 5.75 Å². The van der Waals surface area contributed by atoms with Gasteiger partial charge in [0.15, 0.2) is 11.6 Å². The van der Waals surface area contributed by atoms with Crippen LogP contribution in [0.25, 0.3) is 0 Å². The molecule has 3 aliphatic rings. The Labute approximate surface area is 148 Å². The highest BCUT2D eigenvalue weighted by atomic mass is 19.1. The van der Waals surface area contributed by atoms with Gasteiger partial charge in [0, 0.05) is 18.9 Å². The standard InChI is InChI=1S/C21H27FO3/c1-21-8-7-14-15(17(21)5-6-20(21)23)4-3-13-11-19(25-10-9-24-2)18(22)12-16(13)14/h11-12,14-15,17H,3-10H2,1-2H3/t14-,15+,17-,21-/m0/s1. The van der Waals surface area contributed by atoms with Crippen molar-refractivity contribution in [3.8, 4) is 5.75 Å². The average Bonchev–Trinajstić information content (AvgIpc) is 2.91. The molecule has 0 N–H and O–H groups in total. The molecule has 0 aromatic heterocycles. The Kier molecular flexibility index (Phi) is 4.35. The van der Waals surface area contributed by atoms with Crippen LogP contribution >= 0.6 is 0 Å². The van der Waals surface area contributed by atoms with E-state index in [1.54, 1.807) is 13.2 Å². The number of ether oxygens (including phenoxy) is 2. The predicted octanol–water partition coefficient (Wildman–Crippen LogP) is 4.28. The Morgan fingerprint density at radius 3 is 2.84 bits per heavy atom. The fraction of sp³-hybridized carbons (Fsp3) is 0.667. The second-order valence-electron chi connectivity index (χ2n) is 8.16. The molecule has 25 heavy (non-hydrogen) atoms. The maximum atomic E-state index is 14.5. The second kappa shape index (κ2) is 6.39. The Hall–Kier alpha value is -1.42. The van der Waals surface area contributed by atoms with Crippen molar-refractivity contribution in [1.29, 1.82) is 0 Å². The summed E-state index contributed by atoms with van der Waals surface area (Å²) in [6.07, 6.45) is 5.77. The highest BCUT2D eigenvalue weighted by Gasteiger charge is 2.54. The van der Waals surface area contributed by atoms with E-state index in [1.807, 2.05) is 6.07 Å². The minimum atomic E-state index is -0.272. The minimum absolute atomic E-state index is 0.125. The Bertz CT molecular complexity index is 686. The van der Waals surface area contributed by atoms with E-state index in [4.69, 9.17) is 9.47 Å². The summed E-state index contributed by atoms with van der Waals surface area (Å²) in [5, 5.41) is 0. The first-order chi connectivity index (χ1) is 12.0. The molecule has 0 heterocycles. The smallest absolute Gasteiger partial charge is 0.165 e. The third kappa shape index (κ3) is 2.69. The van der Waals surface area contributed by atoms with E-state index in [2.05, 4.69) is 6.92 Å². The summed E-state index contributed by atoms with van der Waals surface area (Å²) in [7, 11) is 1.61. The summed E-state index contributed by atoms with van der Waals surface area (Å²) in [5.74, 6) is 1.92. The zero-order chi connectivity index (χ0) is 17.6. The Balaban J connectivity index is 1.60. The van der Waals surface area contributed by atoms with Gasteiger partial charge in [0.2, 0.25) is 0 Å². The molecule has 3 aliphatic carbocycles. The average molecular weight is 346 g/mol. The van der Waals surface area contributed by atoms with Crippen molar-refractivity contribution >= 4 is 5.78 Å². The number of fused-ring (bicyclic) bond motifs is 5. The van der Waals surface area contributed by atoms with E-state index in [0.717, 1.165) is 44.1 Å². The van der Waals surface area contributed by atoms with E-state index in [1.165, 1.54) is 5.56 Å². The summed E-state index contributed by atoms with van der Waals surface area (Å²) < 4.78 is 25.1. The first-order valence-corrected chi connectivity index (χ1v) is 9.52. The predicted molar refractivity (Wildman–Crippen MR) is 93.4 cm³/mol. The number of aryl methyl sites for hydroxylation is 1. The van der Waals surface area contributed by atoms with Gasteiger partial charge in [-0.25, -0.2) is 4.39 Å². The number of methoxy groups -OCH3 is 1. The highest BCUT2D eigenvalue weighted by molar-refractivity contribution is 5.87. The molecule has 0 unspecified atom stereocenters. The van der Waals surface area contributed by atoms with Gasteiger partial charge in [0.1, 0.15) is 12.4 Å². The number of hydrogen-bond acceptors (Lipinski definition) is 3. The van der Waals surface area contributed by atoms with E-state index in [9.17, 15) is 9.18 Å². The van der Waals surface area contributed by atoms with Crippen LogP contribution in [0.2, 0.25) is 0 Å². The number of benzene rings is 1. The molecule has 0 saturated heterocycles. The van der Waals surface area contributed by atoms with E-state index in [0.29, 0.717) is 42.5 Å². The number of carbonyl (C=O) groups is 1. The van der Waals surface area contributed by atoms with Gasteiger partial charge < -0.3 is 9.47 Å². The number of hydrogen-bond donors (Lipinski definition) is 0. The van der Waals surface area contributed by atoms with Gasteiger partial charge in [0.05, 0.1) is 6.61 Å². The van der Waals surface area contributed by atoms with Crippen molar-refractivity contribution in [3.63, 3.8) is 0 Å². The Morgan fingerprint density at radius 2 is 2.04 bits per heavy atom. The molecule has 0 aliphatic heterocycles. The highest BCUT2D eigenvalue weighted by Crippen LogP contribution is 2.59. The molecule has 0 radical (unpaired) electrons. The maximum absolute atomic E-state index is 14.5. The molecular weight excluding hydrogens is 319 g/mol. The summed E-state index contributed by atoms with van der Waals surface area (Å²) in [4.78, 5) is 12.4. The van der Waals surface area contributed by atoms with Crippen LogP contribution in [-0.2, 0) is 16.0 Å². The van der Waals surface area contributed by atoms with Crippen LogP contribution < -0.4 is 4.74 Å². The number of carbonyl (C=O) groups excluding carboxylic acids is 1. The summed E-state index contributed by atoms with van der Waals surface area (Å²) >= 11 is 0. The van der Waals surface area contributed by atoms with Crippen LogP contribution in [0, 0.1) is 23.1 Å². The Morgan fingerprint density at radius 1 is 1.20 bits per heavy atom. The molecule has 0 bridgehead atoms. The second-order valence-corrected chi connectivity index (χ2v) is 8.16. The molecule has 2 saturated carbocycles. The number of Topliss-reactive ketones (excluding diaryl/α,β-unsaturated/α-hetero) is 1. The third-order valence-corrected chi connectivity index (χ3v) is 7.03. The van der Waals surface area contributed by atoms with Crippen molar-refractivity contribution in [2.75, 3.05) is 20.3 Å². The van der Waals surface area contributed by atoms with E-state index in [-0.39, 0.29) is 11.2 Å². The molecule has 4 heteroatoms. The van der Waals surface area contributed by atoms with Crippen molar-refractivity contribution in [2.45, 2.75) is 51.4 Å². The molecule has 2 fully saturated rings. The van der Waals surface area contributed by atoms with Crippen LogP contribution in [0.1, 0.15) is 56.1 Å².